The van der Waals surface area contributed by atoms with Crippen LogP contribution in [0, 0.1) is 0 Å². The molecule has 7 nitrogen and oxygen atoms in total. The van der Waals surface area contributed by atoms with Gasteiger partial charge in [0, 0.05) is 17.1 Å². The van der Waals surface area contributed by atoms with Crippen molar-refractivity contribution in [2.75, 3.05) is 10.8 Å². The maximum absolute atomic E-state index is 14.1. The van der Waals surface area contributed by atoms with E-state index in [2.05, 4.69) is 5.32 Å². The lowest BCUT2D eigenvalue weighted by Gasteiger charge is -2.34. The van der Waals surface area contributed by atoms with E-state index in [4.69, 9.17) is 11.6 Å². The summed E-state index contributed by atoms with van der Waals surface area (Å²) < 4.78 is 28.8. The lowest BCUT2D eigenvalue weighted by atomic mass is 10.1. The zero-order valence-electron chi connectivity index (χ0n) is 23.7. The first-order chi connectivity index (χ1) is 18.9. The van der Waals surface area contributed by atoms with E-state index in [-0.39, 0.29) is 17.3 Å². The molecule has 0 bridgehead atoms. The lowest BCUT2D eigenvalue weighted by Crippen LogP contribution is -2.55. The van der Waals surface area contributed by atoms with Gasteiger partial charge in [0.1, 0.15) is 12.6 Å². The normalized spacial score (nSPS) is 12.4. The summed E-state index contributed by atoms with van der Waals surface area (Å²) in [5.74, 6) is -0.799. The minimum atomic E-state index is -4.09. The van der Waals surface area contributed by atoms with Crippen LogP contribution in [0.25, 0.3) is 0 Å². The highest BCUT2D eigenvalue weighted by Gasteiger charge is 2.34. The Hall–Kier alpha value is -3.36. The highest BCUT2D eigenvalue weighted by molar-refractivity contribution is 7.92. The Morgan fingerprint density at radius 2 is 1.45 bits per heavy atom. The zero-order valence-corrected chi connectivity index (χ0v) is 25.3. The summed E-state index contributed by atoms with van der Waals surface area (Å²) in [5.41, 5.74) is 1.67. The van der Waals surface area contributed by atoms with Crippen LogP contribution in [0.5, 0.6) is 0 Å². The van der Waals surface area contributed by atoms with Gasteiger partial charge in [0.15, 0.2) is 0 Å². The number of hydrogen-bond donors (Lipinski definition) is 1. The van der Waals surface area contributed by atoms with Crippen molar-refractivity contribution in [3.05, 3.63) is 95.0 Å². The molecule has 214 valence electrons. The molecule has 40 heavy (non-hydrogen) atoms. The van der Waals surface area contributed by atoms with Crippen molar-refractivity contribution in [3.8, 4) is 0 Å². The molecule has 0 fully saturated rings. The van der Waals surface area contributed by atoms with E-state index in [1.807, 2.05) is 46.8 Å². The number of nitrogens with zero attached hydrogens (tertiary/aromatic N) is 2. The van der Waals surface area contributed by atoms with Gasteiger partial charge in [-0.25, -0.2) is 8.42 Å². The Morgan fingerprint density at radius 1 is 0.875 bits per heavy atom. The fourth-order valence-corrected chi connectivity index (χ4v) is 5.87. The molecule has 0 spiro atoms. The number of aryl methyl sites for hydroxylation is 1. The molecule has 0 aliphatic rings. The van der Waals surface area contributed by atoms with Crippen LogP contribution in [0.2, 0.25) is 5.02 Å². The topological polar surface area (TPSA) is 86.8 Å². The summed E-state index contributed by atoms with van der Waals surface area (Å²) in [6.45, 7) is 9.09. The first-order valence-corrected chi connectivity index (χ1v) is 15.2. The number of carbonyl (C=O) groups is 2. The second-order valence-electron chi connectivity index (χ2n) is 10.7. The monoisotopic (exact) mass is 583 g/mol. The molecule has 3 aromatic rings. The molecule has 0 unspecified atom stereocenters. The van der Waals surface area contributed by atoms with Gasteiger partial charge in [-0.1, -0.05) is 67.9 Å². The van der Waals surface area contributed by atoms with Gasteiger partial charge >= 0.3 is 0 Å². The van der Waals surface area contributed by atoms with Crippen LogP contribution in [-0.4, -0.2) is 43.3 Å². The van der Waals surface area contributed by atoms with Crippen molar-refractivity contribution in [1.82, 2.24) is 10.2 Å². The molecule has 3 rings (SSSR count). The zero-order chi connectivity index (χ0) is 29.5. The predicted molar refractivity (Wildman–Crippen MR) is 161 cm³/mol. The number of anilines is 1. The maximum atomic E-state index is 14.1. The Balaban J connectivity index is 2.06. The van der Waals surface area contributed by atoms with E-state index in [1.165, 1.54) is 17.0 Å². The summed E-state index contributed by atoms with van der Waals surface area (Å²) in [6, 6.07) is 21.4. The number of amides is 2. The Labute approximate surface area is 243 Å². The molecule has 0 saturated carbocycles. The highest BCUT2D eigenvalue weighted by Crippen LogP contribution is 2.25. The molecule has 0 aromatic heterocycles. The van der Waals surface area contributed by atoms with Gasteiger partial charge in [-0.05, 0) is 81.1 Å². The van der Waals surface area contributed by atoms with Gasteiger partial charge in [-0.3, -0.25) is 13.9 Å². The number of benzene rings is 3. The van der Waals surface area contributed by atoms with Crippen LogP contribution in [0.3, 0.4) is 0 Å². The molecular formula is C31H38ClN3O4S. The van der Waals surface area contributed by atoms with Gasteiger partial charge in [-0.2, -0.15) is 0 Å². The van der Waals surface area contributed by atoms with E-state index in [0.29, 0.717) is 17.1 Å². The van der Waals surface area contributed by atoms with Crippen LogP contribution < -0.4 is 9.62 Å². The third-order valence-electron chi connectivity index (χ3n) is 6.39. The van der Waals surface area contributed by atoms with Crippen molar-refractivity contribution in [2.45, 2.75) is 70.5 Å². The molecule has 9 heteroatoms. The maximum Gasteiger partial charge on any atom is 0.264 e. The van der Waals surface area contributed by atoms with Gasteiger partial charge in [0.05, 0.1) is 10.6 Å². The number of nitrogens with one attached hydrogen (secondary N) is 1. The summed E-state index contributed by atoms with van der Waals surface area (Å²) in [4.78, 5) is 29.0. The van der Waals surface area contributed by atoms with Gasteiger partial charge in [-0.15, -0.1) is 0 Å². The second-order valence-corrected chi connectivity index (χ2v) is 13.0. The SMILES string of the molecule is CCc1ccc(N(CC(=O)N(Cc2ccc(Cl)cc2)[C@@H](CC)C(=O)NC(C)(C)C)S(=O)(=O)c2ccccc2)cc1. The van der Waals surface area contributed by atoms with Crippen molar-refractivity contribution >= 4 is 39.1 Å². The van der Waals surface area contributed by atoms with E-state index in [0.717, 1.165) is 21.9 Å². The molecule has 0 aliphatic heterocycles. The summed E-state index contributed by atoms with van der Waals surface area (Å²) in [5, 5.41) is 3.52. The number of hydrogen-bond acceptors (Lipinski definition) is 4. The van der Waals surface area contributed by atoms with Crippen LogP contribution in [-0.2, 0) is 32.6 Å². The Bertz CT molecular complexity index is 1390. The number of rotatable bonds is 11. The van der Waals surface area contributed by atoms with E-state index in [1.54, 1.807) is 54.6 Å². The van der Waals surface area contributed by atoms with Crippen molar-refractivity contribution in [3.63, 3.8) is 0 Å². The lowest BCUT2D eigenvalue weighted by molar-refractivity contribution is -0.141. The number of halogens is 1. The standard InChI is InChI=1S/C31H38ClN3O4S/c1-6-23-15-19-26(20-16-23)35(40(38,39)27-11-9-8-10-12-27)22-29(36)34(21-24-13-17-25(32)18-14-24)28(7-2)30(37)33-31(3,4)5/h8-20,28H,6-7,21-22H2,1-5H3,(H,33,37)/t28-/m0/s1. The van der Waals surface area contributed by atoms with Crippen LogP contribution in [0.4, 0.5) is 5.69 Å². The second kappa shape index (κ2) is 13.3. The molecular weight excluding hydrogens is 546 g/mol. The van der Waals surface area contributed by atoms with E-state index >= 15 is 0 Å². The average Bonchev–Trinajstić information content (AvgIpc) is 2.92. The fraction of sp³-hybridized carbons (Fsp3) is 0.355. The quantitative estimate of drug-likeness (QED) is 0.308. The fourth-order valence-electron chi connectivity index (χ4n) is 4.31. The molecule has 0 radical (unpaired) electrons. The summed E-state index contributed by atoms with van der Waals surface area (Å²) in [6.07, 6.45) is 1.14. The molecule has 0 saturated heterocycles. The molecule has 1 atom stereocenters. The molecule has 3 aromatic carbocycles. The van der Waals surface area contributed by atoms with Gasteiger partial charge < -0.3 is 10.2 Å². The molecule has 0 aliphatic carbocycles. The third kappa shape index (κ3) is 8.08. The summed E-state index contributed by atoms with van der Waals surface area (Å²) in [7, 11) is -4.09. The van der Waals surface area contributed by atoms with E-state index < -0.39 is 34.1 Å². The highest BCUT2D eigenvalue weighted by atomic mass is 35.5. The Morgan fingerprint density at radius 3 is 1.98 bits per heavy atom. The van der Waals surface area contributed by atoms with Crippen LogP contribution in [0.15, 0.2) is 83.8 Å². The Kier molecular flexibility index (Phi) is 10.4. The first-order valence-electron chi connectivity index (χ1n) is 13.4. The van der Waals surface area contributed by atoms with Crippen LogP contribution >= 0.6 is 11.6 Å². The molecule has 2 amide bonds. The summed E-state index contributed by atoms with van der Waals surface area (Å²) >= 11 is 6.07. The third-order valence-corrected chi connectivity index (χ3v) is 8.43. The smallest absolute Gasteiger partial charge is 0.264 e. The largest absolute Gasteiger partial charge is 0.350 e. The van der Waals surface area contributed by atoms with Gasteiger partial charge in [0.25, 0.3) is 10.0 Å². The molecule has 1 N–H and O–H groups in total. The number of sulfonamides is 1. The minimum absolute atomic E-state index is 0.0733. The predicted octanol–water partition coefficient (Wildman–Crippen LogP) is 5.82. The molecule has 0 heterocycles. The van der Waals surface area contributed by atoms with Crippen LogP contribution in [0.1, 0.15) is 52.2 Å². The average molecular weight is 584 g/mol. The minimum Gasteiger partial charge on any atom is -0.350 e. The van der Waals surface area contributed by atoms with E-state index in [9.17, 15) is 18.0 Å². The van der Waals surface area contributed by atoms with Crippen molar-refractivity contribution in [2.24, 2.45) is 0 Å². The van der Waals surface area contributed by atoms with Crippen molar-refractivity contribution in [1.29, 1.82) is 0 Å². The number of carbonyl (C=O) groups excluding carboxylic acids is 2. The van der Waals surface area contributed by atoms with Gasteiger partial charge in [0.2, 0.25) is 11.8 Å². The first kappa shape index (κ1) is 31.2. The van der Waals surface area contributed by atoms with Crippen molar-refractivity contribution < 1.29 is 18.0 Å².